The van der Waals surface area contributed by atoms with E-state index in [4.69, 9.17) is 15.0 Å². The Balaban J connectivity index is 1.18. The first-order chi connectivity index (χ1) is 26.7. The van der Waals surface area contributed by atoms with E-state index in [0.29, 0.717) is 34.2 Å². The van der Waals surface area contributed by atoms with Crippen molar-refractivity contribution in [3.8, 4) is 52.0 Å². The third-order valence-corrected chi connectivity index (χ3v) is 10.6. The van der Waals surface area contributed by atoms with Gasteiger partial charge in [-0.25, -0.2) is 15.0 Å². The van der Waals surface area contributed by atoms with E-state index in [9.17, 15) is 10.5 Å². The number of hydrogen-bond donors (Lipinski definition) is 0. The molecule has 0 fully saturated rings. The highest BCUT2D eigenvalue weighted by atomic mass is 15.0. The van der Waals surface area contributed by atoms with E-state index >= 15 is 0 Å². The van der Waals surface area contributed by atoms with Crippen molar-refractivity contribution in [3.63, 3.8) is 0 Å². The molecule has 54 heavy (non-hydrogen) atoms. The lowest BCUT2D eigenvalue weighted by Gasteiger charge is -2.11. The monoisotopic (exact) mass is 687 g/mol. The molecule has 7 aromatic carbocycles. The van der Waals surface area contributed by atoms with Gasteiger partial charge in [-0.2, -0.15) is 10.5 Å². The molecule has 4 aromatic heterocycles. The Bertz CT molecular complexity index is 3410. The van der Waals surface area contributed by atoms with Gasteiger partial charge in [0.2, 0.25) is 0 Å². The molecule has 0 amide bonds. The average Bonchev–Trinajstić information content (AvgIpc) is 3.88. The van der Waals surface area contributed by atoms with Crippen LogP contribution in [0.4, 0.5) is 0 Å². The van der Waals surface area contributed by atoms with Gasteiger partial charge in [0.15, 0.2) is 17.5 Å². The van der Waals surface area contributed by atoms with Gasteiger partial charge in [0.05, 0.1) is 50.8 Å². The minimum Gasteiger partial charge on any atom is -0.309 e. The van der Waals surface area contributed by atoms with E-state index in [1.807, 2.05) is 24.3 Å². The first-order valence-corrected chi connectivity index (χ1v) is 17.7. The van der Waals surface area contributed by atoms with E-state index in [1.54, 1.807) is 24.3 Å². The predicted molar refractivity (Wildman–Crippen MR) is 215 cm³/mol. The Morgan fingerprint density at radius 3 is 1.85 bits per heavy atom. The number of para-hydroxylation sites is 3. The Morgan fingerprint density at radius 2 is 1.06 bits per heavy atom. The molecular formula is C47H25N7. The van der Waals surface area contributed by atoms with Crippen LogP contribution in [0.25, 0.3) is 99.8 Å². The second-order valence-corrected chi connectivity index (χ2v) is 13.5. The van der Waals surface area contributed by atoms with Gasteiger partial charge >= 0.3 is 0 Å². The normalized spacial score (nSPS) is 11.7. The molecule has 0 atom stereocenters. The van der Waals surface area contributed by atoms with Crippen LogP contribution in [0.1, 0.15) is 11.1 Å². The molecule has 4 heterocycles. The Morgan fingerprint density at radius 1 is 0.426 bits per heavy atom. The molecule has 0 spiro atoms. The molecule has 7 nitrogen and oxygen atoms in total. The van der Waals surface area contributed by atoms with Crippen molar-refractivity contribution in [2.75, 3.05) is 0 Å². The number of fused-ring (bicyclic) bond motifs is 9. The molecule has 0 bridgehead atoms. The van der Waals surface area contributed by atoms with Crippen molar-refractivity contribution < 1.29 is 0 Å². The van der Waals surface area contributed by atoms with Crippen molar-refractivity contribution in [2.45, 2.75) is 0 Å². The average molecular weight is 688 g/mol. The van der Waals surface area contributed by atoms with Crippen LogP contribution < -0.4 is 0 Å². The van der Waals surface area contributed by atoms with Crippen LogP contribution in [0.15, 0.2) is 152 Å². The molecule has 0 aliphatic heterocycles. The van der Waals surface area contributed by atoms with Gasteiger partial charge in [0.25, 0.3) is 0 Å². The number of rotatable bonds is 4. The summed E-state index contributed by atoms with van der Waals surface area (Å²) in [7, 11) is 0. The van der Waals surface area contributed by atoms with Crippen LogP contribution in [-0.4, -0.2) is 23.9 Å². The summed E-state index contributed by atoms with van der Waals surface area (Å²) >= 11 is 0. The van der Waals surface area contributed by atoms with Crippen LogP contribution in [0.5, 0.6) is 0 Å². The number of nitriles is 2. The fourth-order valence-electron chi connectivity index (χ4n) is 8.22. The smallest absolute Gasteiger partial charge is 0.164 e. The first-order valence-electron chi connectivity index (χ1n) is 17.7. The lowest BCUT2D eigenvalue weighted by Crippen LogP contribution is -2.01. The fraction of sp³-hybridized carbons (Fsp3) is 0. The molecule has 0 aliphatic rings. The van der Waals surface area contributed by atoms with Crippen molar-refractivity contribution in [1.82, 2.24) is 23.9 Å². The number of benzene rings is 7. The maximum atomic E-state index is 9.68. The predicted octanol–water partition coefficient (Wildman–Crippen LogP) is 10.9. The van der Waals surface area contributed by atoms with Crippen LogP contribution >= 0.6 is 0 Å². The maximum Gasteiger partial charge on any atom is 0.164 e. The van der Waals surface area contributed by atoms with Crippen LogP contribution in [0.3, 0.4) is 0 Å². The summed E-state index contributed by atoms with van der Waals surface area (Å²) in [6.07, 6.45) is 0. The Kier molecular flexibility index (Phi) is 6.25. The second kappa shape index (κ2) is 11.3. The topological polar surface area (TPSA) is 95.6 Å². The highest BCUT2D eigenvalue weighted by Gasteiger charge is 2.22. The summed E-state index contributed by atoms with van der Waals surface area (Å²) in [6, 6.07) is 55.7. The zero-order valence-corrected chi connectivity index (χ0v) is 28.6. The summed E-state index contributed by atoms with van der Waals surface area (Å²) in [6.45, 7) is 0. The van der Waals surface area contributed by atoms with Crippen LogP contribution in [0, 0.1) is 22.7 Å². The van der Waals surface area contributed by atoms with E-state index in [0.717, 1.165) is 44.1 Å². The summed E-state index contributed by atoms with van der Waals surface area (Å²) in [5, 5.41) is 26.2. The first kappa shape index (κ1) is 29.8. The minimum absolute atomic E-state index is 0.459. The van der Waals surface area contributed by atoms with Crippen LogP contribution in [-0.2, 0) is 0 Å². The van der Waals surface area contributed by atoms with Gasteiger partial charge in [0.1, 0.15) is 0 Å². The summed E-state index contributed by atoms with van der Waals surface area (Å²) < 4.78 is 4.75. The van der Waals surface area contributed by atoms with E-state index in [2.05, 4.69) is 124 Å². The molecule has 0 aliphatic carbocycles. The molecule has 248 valence electrons. The van der Waals surface area contributed by atoms with Gasteiger partial charge in [-0.05, 0) is 66.7 Å². The maximum absolute atomic E-state index is 9.68. The van der Waals surface area contributed by atoms with Crippen molar-refractivity contribution in [1.29, 1.82) is 10.5 Å². The SMILES string of the molecule is N#Cc1ccc(-c2nc(-c3cccc(C#N)c3)nc(-c3cccc4c3c3ccccc3n4-c3ccc4c5cccc6c7ccccc7n(c4c3)c65)n2)cc1. The van der Waals surface area contributed by atoms with E-state index in [-0.39, 0.29) is 0 Å². The quantitative estimate of drug-likeness (QED) is 0.183. The lowest BCUT2D eigenvalue weighted by atomic mass is 10.0. The molecule has 7 heteroatoms. The number of nitrogens with zero attached hydrogens (tertiary/aromatic N) is 7. The molecule has 0 saturated heterocycles. The minimum atomic E-state index is 0.459. The van der Waals surface area contributed by atoms with E-state index in [1.165, 1.54) is 32.6 Å². The molecule has 0 saturated carbocycles. The standard InChI is InChI=1S/C47H25N7/c48-26-28-18-20-30(21-19-28)45-50-46(31-9-5-8-29(24-31)27-49)52-47(51-45)38-14-7-17-41-43(38)37-11-2-4-16-40(37)53(41)32-22-23-34-36-13-6-12-35-33-10-1-3-15-39(33)54(44(35)36)42(34)25-32/h1-25H. The molecule has 0 unspecified atom stereocenters. The van der Waals surface area contributed by atoms with E-state index < -0.39 is 0 Å². The lowest BCUT2D eigenvalue weighted by molar-refractivity contribution is 1.08. The number of aromatic nitrogens is 5. The summed E-state index contributed by atoms with van der Waals surface area (Å²) in [4.78, 5) is 15.0. The molecule has 0 N–H and O–H groups in total. The highest BCUT2D eigenvalue weighted by molar-refractivity contribution is 6.23. The molecule has 0 radical (unpaired) electrons. The highest BCUT2D eigenvalue weighted by Crippen LogP contribution is 2.42. The van der Waals surface area contributed by atoms with Crippen molar-refractivity contribution >= 4 is 59.9 Å². The van der Waals surface area contributed by atoms with Gasteiger partial charge in [0, 0.05) is 54.7 Å². The molecular weight excluding hydrogens is 663 g/mol. The van der Waals surface area contributed by atoms with Crippen LogP contribution in [0.2, 0.25) is 0 Å². The molecule has 11 rings (SSSR count). The zero-order valence-electron chi connectivity index (χ0n) is 28.6. The largest absolute Gasteiger partial charge is 0.309 e. The van der Waals surface area contributed by atoms with Gasteiger partial charge in [-0.1, -0.05) is 84.9 Å². The summed E-state index contributed by atoms with van der Waals surface area (Å²) in [5.74, 6) is 1.45. The van der Waals surface area contributed by atoms with Gasteiger partial charge < -0.3 is 8.97 Å². The second-order valence-electron chi connectivity index (χ2n) is 13.5. The van der Waals surface area contributed by atoms with Crippen molar-refractivity contribution in [2.24, 2.45) is 0 Å². The third kappa shape index (κ3) is 4.24. The Labute approximate surface area is 308 Å². The number of hydrogen-bond acceptors (Lipinski definition) is 5. The van der Waals surface area contributed by atoms with Gasteiger partial charge in [-0.3, -0.25) is 0 Å². The molecule has 11 aromatic rings. The Hall–Kier alpha value is -7.87. The van der Waals surface area contributed by atoms with Crippen molar-refractivity contribution in [3.05, 3.63) is 163 Å². The summed E-state index contributed by atoms with van der Waals surface area (Å²) in [5.41, 5.74) is 10.2. The fourth-order valence-corrected chi connectivity index (χ4v) is 8.22. The van der Waals surface area contributed by atoms with Gasteiger partial charge in [-0.15, -0.1) is 0 Å². The zero-order chi connectivity index (χ0) is 35.9. The third-order valence-electron chi connectivity index (χ3n) is 10.6.